The lowest BCUT2D eigenvalue weighted by Crippen LogP contribution is -2.28. The molecule has 2 aromatic heterocycles. The van der Waals surface area contributed by atoms with Gasteiger partial charge in [0.1, 0.15) is 12.1 Å². The second-order valence-corrected chi connectivity index (χ2v) is 5.87. The van der Waals surface area contributed by atoms with Gasteiger partial charge in [-0.15, -0.1) is 10.2 Å². The first-order chi connectivity index (χ1) is 12.6. The van der Waals surface area contributed by atoms with Gasteiger partial charge in [0.05, 0.1) is 6.04 Å². The van der Waals surface area contributed by atoms with Crippen LogP contribution in [-0.4, -0.2) is 37.2 Å². The van der Waals surface area contributed by atoms with Crippen LogP contribution in [0, 0.1) is 0 Å². The number of hydrogen-bond acceptors (Lipinski definition) is 6. The van der Waals surface area contributed by atoms with E-state index in [1.807, 2.05) is 39.1 Å². The van der Waals surface area contributed by atoms with Crippen LogP contribution >= 0.6 is 0 Å². The molecule has 0 saturated heterocycles. The van der Waals surface area contributed by atoms with Crippen molar-refractivity contribution in [3.63, 3.8) is 0 Å². The maximum absolute atomic E-state index is 12.4. The van der Waals surface area contributed by atoms with Crippen LogP contribution in [0.3, 0.4) is 0 Å². The van der Waals surface area contributed by atoms with E-state index >= 15 is 0 Å². The first kappa shape index (κ1) is 17.5. The number of carbonyl (C=O) groups is 1. The summed E-state index contributed by atoms with van der Waals surface area (Å²) in [4.78, 5) is 21.2. The molecule has 3 rings (SSSR count). The van der Waals surface area contributed by atoms with E-state index in [0.29, 0.717) is 17.2 Å². The molecule has 134 valence electrons. The molecular weight excluding hydrogens is 330 g/mol. The SMILES string of the molecule is CCNc1ccnc(-c2ccc(C(=O)N[C@H](C)c3nncn3C)cc2)n1. The van der Waals surface area contributed by atoms with Crippen molar-refractivity contribution < 1.29 is 4.79 Å². The lowest BCUT2D eigenvalue weighted by Gasteiger charge is -2.13. The Morgan fingerprint density at radius 3 is 2.65 bits per heavy atom. The Morgan fingerprint density at radius 1 is 1.23 bits per heavy atom. The van der Waals surface area contributed by atoms with Crippen LogP contribution in [0.4, 0.5) is 5.82 Å². The van der Waals surface area contributed by atoms with Crippen LogP contribution in [0.15, 0.2) is 42.9 Å². The van der Waals surface area contributed by atoms with E-state index in [1.165, 1.54) is 0 Å². The van der Waals surface area contributed by atoms with Crippen LogP contribution < -0.4 is 10.6 Å². The molecule has 0 spiro atoms. The average molecular weight is 351 g/mol. The summed E-state index contributed by atoms with van der Waals surface area (Å²) in [5.41, 5.74) is 1.41. The van der Waals surface area contributed by atoms with Gasteiger partial charge >= 0.3 is 0 Å². The van der Waals surface area contributed by atoms with Crippen molar-refractivity contribution in [3.8, 4) is 11.4 Å². The summed E-state index contributed by atoms with van der Waals surface area (Å²) < 4.78 is 1.78. The number of aromatic nitrogens is 5. The first-order valence-electron chi connectivity index (χ1n) is 8.40. The van der Waals surface area contributed by atoms with Crippen molar-refractivity contribution in [1.82, 2.24) is 30.0 Å². The van der Waals surface area contributed by atoms with E-state index in [9.17, 15) is 4.79 Å². The molecule has 8 nitrogen and oxygen atoms in total. The summed E-state index contributed by atoms with van der Waals surface area (Å²) in [5, 5.41) is 13.9. The lowest BCUT2D eigenvalue weighted by atomic mass is 10.1. The number of carbonyl (C=O) groups excluding carboxylic acids is 1. The van der Waals surface area contributed by atoms with E-state index in [4.69, 9.17) is 0 Å². The minimum atomic E-state index is -0.241. The highest BCUT2D eigenvalue weighted by molar-refractivity contribution is 5.94. The smallest absolute Gasteiger partial charge is 0.251 e. The molecule has 2 N–H and O–H groups in total. The minimum Gasteiger partial charge on any atom is -0.370 e. The van der Waals surface area contributed by atoms with Crippen molar-refractivity contribution in [2.45, 2.75) is 19.9 Å². The zero-order chi connectivity index (χ0) is 18.5. The number of rotatable bonds is 6. The number of benzene rings is 1. The van der Waals surface area contributed by atoms with Gasteiger partial charge in [-0.05, 0) is 32.0 Å². The predicted octanol–water partition coefficient (Wildman–Crippen LogP) is 2.19. The molecule has 0 radical (unpaired) electrons. The van der Waals surface area contributed by atoms with E-state index in [1.54, 1.807) is 29.2 Å². The molecule has 26 heavy (non-hydrogen) atoms. The third kappa shape index (κ3) is 3.85. The molecular formula is C18H21N7O. The lowest BCUT2D eigenvalue weighted by molar-refractivity contribution is 0.0938. The highest BCUT2D eigenvalue weighted by Crippen LogP contribution is 2.17. The summed E-state index contributed by atoms with van der Waals surface area (Å²) in [5.74, 6) is 1.91. The predicted molar refractivity (Wildman–Crippen MR) is 98.5 cm³/mol. The Kier molecular flexibility index (Phi) is 5.21. The molecule has 0 unspecified atom stereocenters. The third-order valence-corrected chi connectivity index (χ3v) is 3.90. The van der Waals surface area contributed by atoms with Gasteiger partial charge in [-0.25, -0.2) is 9.97 Å². The van der Waals surface area contributed by atoms with Crippen LogP contribution in [0.25, 0.3) is 11.4 Å². The number of aryl methyl sites for hydroxylation is 1. The third-order valence-electron chi connectivity index (χ3n) is 3.90. The molecule has 0 aliphatic rings. The van der Waals surface area contributed by atoms with Crippen molar-refractivity contribution in [3.05, 3.63) is 54.2 Å². The van der Waals surface area contributed by atoms with Crippen molar-refractivity contribution in [2.75, 3.05) is 11.9 Å². The fourth-order valence-electron chi connectivity index (χ4n) is 2.58. The van der Waals surface area contributed by atoms with Gasteiger partial charge in [-0.2, -0.15) is 0 Å². The van der Waals surface area contributed by atoms with Gasteiger partial charge in [0.15, 0.2) is 11.6 Å². The van der Waals surface area contributed by atoms with Gasteiger partial charge in [-0.3, -0.25) is 4.79 Å². The number of anilines is 1. The topological polar surface area (TPSA) is 97.6 Å². The minimum absolute atomic E-state index is 0.172. The van der Waals surface area contributed by atoms with E-state index < -0.39 is 0 Å². The molecule has 0 aliphatic carbocycles. The fourth-order valence-corrected chi connectivity index (χ4v) is 2.58. The Balaban J connectivity index is 1.72. The average Bonchev–Trinajstić information content (AvgIpc) is 3.08. The van der Waals surface area contributed by atoms with Gasteiger partial charge in [0, 0.05) is 30.9 Å². The Hall–Kier alpha value is -3.29. The summed E-state index contributed by atoms with van der Waals surface area (Å²) in [6.45, 7) is 4.67. The van der Waals surface area contributed by atoms with Gasteiger partial charge in [0.2, 0.25) is 0 Å². The molecule has 0 bridgehead atoms. The molecule has 8 heteroatoms. The number of nitrogens with zero attached hydrogens (tertiary/aromatic N) is 5. The van der Waals surface area contributed by atoms with Crippen LogP contribution in [-0.2, 0) is 7.05 Å². The largest absolute Gasteiger partial charge is 0.370 e. The van der Waals surface area contributed by atoms with Crippen molar-refractivity contribution in [1.29, 1.82) is 0 Å². The van der Waals surface area contributed by atoms with Crippen LogP contribution in [0.5, 0.6) is 0 Å². The number of nitrogens with one attached hydrogen (secondary N) is 2. The summed E-state index contributed by atoms with van der Waals surface area (Å²) in [7, 11) is 1.84. The van der Waals surface area contributed by atoms with E-state index in [2.05, 4.69) is 30.8 Å². The van der Waals surface area contributed by atoms with Crippen molar-refractivity contribution in [2.24, 2.45) is 7.05 Å². The molecule has 1 aromatic carbocycles. The maximum Gasteiger partial charge on any atom is 0.251 e. The standard InChI is InChI=1S/C18H21N7O/c1-4-19-15-9-10-20-16(23-15)13-5-7-14(8-6-13)18(26)22-12(2)17-24-21-11-25(17)3/h5-12H,4H2,1-3H3,(H,22,26)(H,19,20,23)/t12-/m1/s1. The first-order valence-corrected chi connectivity index (χ1v) is 8.40. The Labute approximate surface area is 151 Å². The van der Waals surface area contributed by atoms with Crippen LogP contribution in [0.1, 0.15) is 36.1 Å². The molecule has 1 amide bonds. The summed E-state index contributed by atoms with van der Waals surface area (Å²) >= 11 is 0. The summed E-state index contributed by atoms with van der Waals surface area (Å²) in [6, 6.07) is 8.78. The fraction of sp³-hybridized carbons (Fsp3) is 0.278. The second-order valence-electron chi connectivity index (χ2n) is 5.87. The van der Waals surface area contributed by atoms with Gasteiger partial charge in [0.25, 0.3) is 5.91 Å². The number of amides is 1. The van der Waals surface area contributed by atoms with E-state index in [-0.39, 0.29) is 11.9 Å². The molecule has 3 aromatic rings. The zero-order valence-electron chi connectivity index (χ0n) is 15.0. The maximum atomic E-state index is 12.4. The molecule has 0 aliphatic heterocycles. The molecule has 2 heterocycles. The highest BCUT2D eigenvalue weighted by Gasteiger charge is 2.15. The Bertz CT molecular complexity index is 889. The van der Waals surface area contributed by atoms with E-state index in [0.717, 1.165) is 17.9 Å². The van der Waals surface area contributed by atoms with Crippen molar-refractivity contribution >= 4 is 11.7 Å². The second kappa shape index (κ2) is 7.73. The molecule has 0 saturated carbocycles. The van der Waals surface area contributed by atoms with Gasteiger partial charge < -0.3 is 15.2 Å². The van der Waals surface area contributed by atoms with Gasteiger partial charge in [-0.1, -0.05) is 12.1 Å². The number of hydrogen-bond donors (Lipinski definition) is 2. The quantitative estimate of drug-likeness (QED) is 0.706. The molecule has 0 fully saturated rings. The normalized spacial score (nSPS) is 11.8. The molecule has 1 atom stereocenters. The Morgan fingerprint density at radius 2 is 2.00 bits per heavy atom. The monoisotopic (exact) mass is 351 g/mol. The summed E-state index contributed by atoms with van der Waals surface area (Å²) in [6.07, 6.45) is 3.32. The van der Waals surface area contributed by atoms with Crippen LogP contribution in [0.2, 0.25) is 0 Å². The highest BCUT2D eigenvalue weighted by atomic mass is 16.1. The zero-order valence-corrected chi connectivity index (χ0v) is 15.0.